The summed E-state index contributed by atoms with van der Waals surface area (Å²) in [6, 6.07) is 7.11. The SMILES string of the molecule is CN(CC(N)=O)C(=O)OCc1cccc2nnc([C@@H](COCc3cc(F)cc(F)c3)NC(=O)C(C)(C)N)n12. The van der Waals surface area contributed by atoms with E-state index in [2.05, 4.69) is 15.5 Å². The number of hydrogen-bond acceptors (Lipinski definition) is 8. The molecular weight excluding hydrogens is 504 g/mol. The number of halogens is 2. The van der Waals surface area contributed by atoms with Crippen LogP contribution in [0.2, 0.25) is 0 Å². The van der Waals surface area contributed by atoms with E-state index in [4.69, 9.17) is 20.9 Å². The van der Waals surface area contributed by atoms with Gasteiger partial charge in [-0.2, -0.15) is 0 Å². The van der Waals surface area contributed by atoms with Gasteiger partial charge in [0.05, 0.1) is 24.4 Å². The van der Waals surface area contributed by atoms with Crippen LogP contribution in [0.5, 0.6) is 0 Å². The van der Waals surface area contributed by atoms with Crippen molar-refractivity contribution in [1.82, 2.24) is 24.8 Å². The molecule has 0 spiro atoms. The van der Waals surface area contributed by atoms with E-state index >= 15 is 0 Å². The molecular formula is C24H29F2N7O5. The molecule has 0 saturated heterocycles. The number of nitrogens with two attached hydrogens (primary N) is 2. The molecule has 2 heterocycles. The van der Waals surface area contributed by atoms with Gasteiger partial charge in [0.2, 0.25) is 11.8 Å². The normalized spacial score (nSPS) is 12.3. The fourth-order valence-corrected chi connectivity index (χ4v) is 3.43. The Morgan fingerprint density at radius 3 is 2.45 bits per heavy atom. The largest absolute Gasteiger partial charge is 0.443 e. The second kappa shape index (κ2) is 11.9. The van der Waals surface area contributed by atoms with Crippen molar-refractivity contribution in [2.45, 2.75) is 38.6 Å². The molecule has 0 bridgehead atoms. The van der Waals surface area contributed by atoms with Crippen molar-refractivity contribution in [2.24, 2.45) is 11.5 Å². The second-order valence-corrected chi connectivity index (χ2v) is 9.19. The Labute approximate surface area is 216 Å². The van der Waals surface area contributed by atoms with Gasteiger partial charge in [-0.3, -0.25) is 14.0 Å². The van der Waals surface area contributed by atoms with Crippen molar-refractivity contribution in [3.8, 4) is 0 Å². The van der Waals surface area contributed by atoms with Crippen LogP contribution in [-0.2, 0) is 32.3 Å². The van der Waals surface area contributed by atoms with E-state index in [0.717, 1.165) is 23.1 Å². The molecule has 0 fully saturated rings. The molecule has 12 nitrogen and oxygen atoms in total. The first-order chi connectivity index (χ1) is 17.8. The van der Waals surface area contributed by atoms with Gasteiger partial charge in [-0.15, -0.1) is 10.2 Å². The van der Waals surface area contributed by atoms with E-state index in [1.165, 1.54) is 20.9 Å². The monoisotopic (exact) mass is 533 g/mol. The molecule has 3 amide bonds. The van der Waals surface area contributed by atoms with E-state index in [1.54, 1.807) is 22.6 Å². The van der Waals surface area contributed by atoms with Crippen LogP contribution in [0.3, 0.4) is 0 Å². The molecule has 1 atom stereocenters. The highest BCUT2D eigenvalue weighted by Crippen LogP contribution is 2.19. The first-order valence-corrected chi connectivity index (χ1v) is 11.5. The van der Waals surface area contributed by atoms with Gasteiger partial charge in [-0.1, -0.05) is 6.07 Å². The van der Waals surface area contributed by atoms with Crippen LogP contribution in [0, 0.1) is 11.6 Å². The fourth-order valence-electron chi connectivity index (χ4n) is 3.43. The number of rotatable bonds is 11. The summed E-state index contributed by atoms with van der Waals surface area (Å²) in [6.07, 6.45) is -0.782. The topological polar surface area (TPSA) is 167 Å². The van der Waals surface area contributed by atoms with Crippen LogP contribution in [-0.4, -0.2) is 63.1 Å². The minimum absolute atomic E-state index is 0.152. The molecule has 0 aliphatic rings. The maximum Gasteiger partial charge on any atom is 0.410 e. The Balaban J connectivity index is 1.86. The highest BCUT2D eigenvalue weighted by Gasteiger charge is 2.28. The number of nitrogens with one attached hydrogen (secondary N) is 1. The third-order valence-corrected chi connectivity index (χ3v) is 5.26. The van der Waals surface area contributed by atoms with Gasteiger partial charge in [0.15, 0.2) is 11.5 Å². The van der Waals surface area contributed by atoms with Crippen molar-refractivity contribution in [1.29, 1.82) is 0 Å². The zero-order valence-electron chi connectivity index (χ0n) is 21.1. The number of ether oxygens (including phenoxy) is 2. The second-order valence-electron chi connectivity index (χ2n) is 9.19. The first-order valence-electron chi connectivity index (χ1n) is 11.5. The predicted molar refractivity (Wildman–Crippen MR) is 130 cm³/mol. The predicted octanol–water partition coefficient (Wildman–Crippen LogP) is 1.17. The Morgan fingerprint density at radius 1 is 1.13 bits per heavy atom. The minimum Gasteiger partial charge on any atom is -0.443 e. The van der Waals surface area contributed by atoms with Crippen LogP contribution in [0.15, 0.2) is 36.4 Å². The smallest absolute Gasteiger partial charge is 0.410 e. The Bertz CT molecular complexity index is 1300. The molecule has 204 valence electrons. The van der Waals surface area contributed by atoms with Crippen LogP contribution in [0.1, 0.15) is 37.0 Å². The number of pyridine rings is 1. The average Bonchev–Trinajstić information content (AvgIpc) is 3.25. The van der Waals surface area contributed by atoms with E-state index in [-0.39, 0.29) is 37.8 Å². The molecule has 0 unspecified atom stereocenters. The van der Waals surface area contributed by atoms with Crippen molar-refractivity contribution >= 4 is 23.6 Å². The number of carbonyl (C=O) groups is 3. The van der Waals surface area contributed by atoms with Crippen molar-refractivity contribution in [2.75, 3.05) is 20.2 Å². The molecule has 0 aliphatic heterocycles. The number of carbonyl (C=O) groups excluding carboxylic acids is 3. The fraction of sp³-hybridized carbons (Fsp3) is 0.375. The standard InChI is InChI=1S/C24H29F2N7O5/c1-24(2,28)22(35)29-18(13-37-11-14-7-15(25)9-16(26)8-14)21-31-30-20-6-4-5-17(33(20)21)12-38-23(36)32(3)10-19(27)34/h4-9,18H,10-13,28H2,1-3H3,(H2,27,34)(H,29,35)/t18-/m1/s1. The minimum atomic E-state index is -1.24. The highest BCUT2D eigenvalue weighted by atomic mass is 19.1. The summed E-state index contributed by atoms with van der Waals surface area (Å²) in [7, 11) is 1.36. The number of primary amides is 1. The van der Waals surface area contributed by atoms with Gasteiger partial charge in [0.25, 0.3) is 0 Å². The molecule has 0 saturated carbocycles. The molecule has 1 aromatic carbocycles. The lowest BCUT2D eigenvalue weighted by Gasteiger charge is -2.24. The molecule has 38 heavy (non-hydrogen) atoms. The molecule has 14 heteroatoms. The number of aromatic nitrogens is 3. The zero-order chi connectivity index (χ0) is 28.0. The van der Waals surface area contributed by atoms with Gasteiger partial charge in [0.1, 0.15) is 30.8 Å². The number of fused-ring (bicyclic) bond motifs is 1. The maximum atomic E-state index is 13.6. The third-order valence-electron chi connectivity index (χ3n) is 5.26. The zero-order valence-corrected chi connectivity index (χ0v) is 21.1. The third kappa shape index (κ3) is 7.43. The van der Waals surface area contributed by atoms with E-state index < -0.39 is 41.1 Å². The molecule has 2 aromatic heterocycles. The lowest BCUT2D eigenvalue weighted by atomic mass is 10.1. The average molecular weight is 534 g/mol. The van der Waals surface area contributed by atoms with Crippen molar-refractivity contribution < 1.29 is 32.6 Å². The summed E-state index contributed by atoms with van der Waals surface area (Å²) < 4.78 is 39.6. The van der Waals surface area contributed by atoms with Crippen LogP contribution >= 0.6 is 0 Å². The number of nitrogens with zero attached hydrogens (tertiary/aromatic N) is 4. The number of likely N-dealkylation sites (N-methyl/N-ethyl adjacent to an activating group) is 1. The first kappa shape index (κ1) is 28.4. The van der Waals surface area contributed by atoms with E-state index in [9.17, 15) is 23.2 Å². The van der Waals surface area contributed by atoms with Gasteiger partial charge < -0.3 is 31.2 Å². The molecule has 0 radical (unpaired) electrons. The summed E-state index contributed by atoms with van der Waals surface area (Å²) in [6.45, 7) is 2.18. The van der Waals surface area contributed by atoms with Gasteiger partial charge in [-0.25, -0.2) is 13.6 Å². The van der Waals surface area contributed by atoms with Crippen LogP contribution in [0.25, 0.3) is 5.65 Å². The number of amides is 3. The molecule has 3 aromatic rings. The van der Waals surface area contributed by atoms with Crippen LogP contribution in [0.4, 0.5) is 13.6 Å². The quantitative estimate of drug-likeness (QED) is 0.330. The van der Waals surface area contributed by atoms with E-state index in [1.807, 2.05) is 0 Å². The van der Waals surface area contributed by atoms with Crippen LogP contribution < -0.4 is 16.8 Å². The van der Waals surface area contributed by atoms with E-state index in [0.29, 0.717) is 11.3 Å². The summed E-state index contributed by atoms with van der Waals surface area (Å²) in [4.78, 5) is 37.1. The highest BCUT2D eigenvalue weighted by molar-refractivity contribution is 5.85. The van der Waals surface area contributed by atoms with Crippen molar-refractivity contribution in [3.63, 3.8) is 0 Å². The van der Waals surface area contributed by atoms with Crippen molar-refractivity contribution in [3.05, 3.63) is 65.1 Å². The Morgan fingerprint density at radius 2 is 1.82 bits per heavy atom. The molecule has 5 N–H and O–H groups in total. The summed E-state index contributed by atoms with van der Waals surface area (Å²) in [5.74, 6) is -2.48. The maximum absolute atomic E-state index is 13.6. The summed E-state index contributed by atoms with van der Waals surface area (Å²) in [5.41, 5.74) is 10.9. The van der Waals surface area contributed by atoms with Gasteiger partial charge >= 0.3 is 6.09 Å². The van der Waals surface area contributed by atoms with Gasteiger partial charge in [0, 0.05) is 13.1 Å². The summed E-state index contributed by atoms with van der Waals surface area (Å²) >= 11 is 0. The Hall–Kier alpha value is -4.17. The number of benzene rings is 1. The number of hydrogen-bond donors (Lipinski definition) is 3. The molecule has 3 rings (SSSR count). The Kier molecular flexibility index (Phi) is 8.91. The lowest BCUT2D eigenvalue weighted by molar-refractivity contribution is -0.126. The van der Waals surface area contributed by atoms with Gasteiger partial charge in [-0.05, 0) is 43.7 Å². The summed E-state index contributed by atoms with van der Waals surface area (Å²) in [5, 5.41) is 11.1. The molecule has 0 aliphatic carbocycles. The lowest BCUT2D eigenvalue weighted by Crippen LogP contribution is -2.51.